The van der Waals surface area contributed by atoms with Crippen LogP contribution in [0, 0.1) is 0 Å². The summed E-state index contributed by atoms with van der Waals surface area (Å²) in [6.45, 7) is 0.418. The van der Waals surface area contributed by atoms with E-state index < -0.39 is 24.7 Å². The number of methoxy groups -OCH3 is 1. The third-order valence-electron chi connectivity index (χ3n) is 6.40. The van der Waals surface area contributed by atoms with Crippen molar-refractivity contribution in [2.75, 3.05) is 40.0 Å². The predicted molar refractivity (Wildman–Crippen MR) is 127 cm³/mol. The average molecular weight is 483 g/mol. The fraction of sp³-hybridized carbons (Fsp3) is 0.423. The summed E-state index contributed by atoms with van der Waals surface area (Å²) in [6, 6.07) is 16.3. The Kier molecular flexibility index (Phi) is 7.99. The highest BCUT2D eigenvalue weighted by Crippen LogP contribution is 2.44. The van der Waals surface area contributed by atoms with Gasteiger partial charge in [0.15, 0.2) is 0 Å². The molecule has 186 valence electrons. The first-order valence-corrected chi connectivity index (χ1v) is 11.7. The van der Waals surface area contributed by atoms with Crippen LogP contribution in [-0.4, -0.2) is 80.1 Å². The van der Waals surface area contributed by atoms with Gasteiger partial charge in [-0.3, -0.25) is 9.59 Å². The number of nitrogens with zero attached hydrogens (tertiary/aromatic N) is 1. The zero-order valence-corrected chi connectivity index (χ0v) is 19.6. The lowest BCUT2D eigenvalue weighted by Crippen LogP contribution is -2.44. The maximum absolute atomic E-state index is 12.7. The van der Waals surface area contributed by atoms with E-state index in [1.165, 1.54) is 12.0 Å². The average Bonchev–Trinajstić information content (AvgIpc) is 3.46. The Bertz CT molecular complexity index is 1030. The number of rotatable bonds is 10. The molecule has 0 bridgehead atoms. The van der Waals surface area contributed by atoms with Gasteiger partial charge in [0.05, 0.1) is 12.7 Å². The molecule has 1 heterocycles. The van der Waals surface area contributed by atoms with Gasteiger partial charge in [-0.15, -0.1) is 0 Å². The van der Waals surface area contributed by atoms with Gasteiger partial charge < -0.3 is 29.5 Å². The molecule has 0 aromatic heterocycles. The molecule has 1 aliphatic carbocycles. The Balaban J connectivity index is 1.26. The zero-order valence-electron chi connectivity index (χ0n) is 19.6. The summed E-state index contributed by atoms with van der Waals surface area (Å²) >= 11 is 0. The number of hydrogen-bond donors (Lipinski definition) is 2. The molecule has 2 aromatic rings. The Morgan fingerprint density at radius 2 is 1.71 bits per heavy atom. The highest BCUT2D eigenvalue weighted by molar-refractivity contribution is 5.85. The molecular weight excluding hydrogens is 452 g/mol. The number of benzene rings is 2. The molecular formula is C26H30N2O7. The second-order valence-corrected chi connectivity index (χ2v) is 8.68. The van der Waals surface area contributed by atoms with E-state index in [0.717, 1.165) is 22.3 Å². The van der Waals surface area contributed by atoms with Crippen LogP contribution < -0.4 is 5.32 Å². The van der Waals surface area contributed by atoms with E-state index in [9.17, 15) is 14.4 Å². The van der Waals surface area contributed by atoms with E-state index in [-0.39, 0.29) is 44.2 Å². The lowest BCUT2D eigenvalue weighted by Gasteiger charge is -2.24. The number of ether oxygens (including phenoxy) is 3. The molecule has 2 aromatic carbocycles. The summed E-state index contributed by atoms with van der Waals surface area (Å²) in [5.74, 6) is -1.50. The van der Waals surface area contributed by atoms with Crippen LogP contribution >= 0.6 is 0 Å². The Labute approximate surface area is 204 Å². The fourth-order valence-electron chi connectivity index (χ4n) is 4.72. The topological polar surface area (TPSA) is 114 Å². The van der Waals surface area contributed by atoms with Crippen molar-refractivity contribution in [3.05, 3.63) is 59.7 Å². The summed E-state index contributed by atoms with van der Waals surface area (Å²) in [5, 5.41) is 11.8. The molecule has 2 N–H and O–H groups in total. The van der Waals surface area contributed by atoms with Gasteiger partial charge in [-0.25, -0.2) is 4.79 Å². The minimum absolute atomic E-state index is 0.0230. The molecule has 0 spiro atoms. The summed E-state index contributed by atoms with van der Waals surface area (Å²) in [7, 11) is 1.49. The van der Waals surface area contributed by atoms with Crippen LogP contribution in [0.3, 0.4) is 0 Å². The molecule has 9 heteroatoms. The number of carboxylic acid groups (broad SMARTS) is 1. The lowest BCUT2D eigenvalue weighted by atomic mass is 9.98. The molecule has 0 saturated carbocycles. The van der Waals surface area contributed by atoms with Crippen molar-refractivity contribution in [3.63, 3.8) is 0 Å². The van der Waals surface area contributed by atoms with E-state index in [1.54, 1.807) is 0 Å². The van der Waals surface area contributed by atoms with Crippen molar-refractivity contribution in [2.45, 2.75) is 31.0 Å². The Hall–Kier alpha value is -3.43. The van der Waals surface area contributed by atoms with E-state index in [2.05, 4.69) is 29.6 Å². The lowest BCUT2D eigenvalue weighted by molar-refractivity contribution is -0.150. The number of fused-ring (bicyclic) bond motifs is 3. The van der Waals surface area contributed by atoms with Crippen molar-refractivity contribution < 1.29 is 33.7 Å². The molecule has 2 amide bonds. The molecule has 1 fully saturated rings. The van der Waals surface area contributed by atoms with Gasteiger partial charge in [-0.05, 0) is 35.1 Å². The number of carboxylic acids is 1. The maximum atomic E-state index is 12.7. The summed E-state index contributed by atoms with van der Waals surface area (Å²) in [5.41, 5.74) is 4.60. The summed E-state index contributed by atoms with van der Waals surface area (Å²) in [4.78, 5) is 37.4. The number of amides is 2. The van der Waals surface area contributed by atoms with E-state index >= 15 is 0 Å². The standard InChI is InChI=1S/C26H30N2O7/c1-33-13-12-28(15-24(29)30)25(31)23-11-10-17(35-23)14-27-26(32)34-16-22-20-8-4-2-6-18(20)19-7-3-5-9-21(19)22/h2-9,17,22-23H,10-16H2,1H3,(H,27,32)(H,29,30). The molecule has 1 saturated heterocycles. The van der Waals surface area contributed by atoms with Gasteiger partial charge in [0.2, 0.25) is 0 Å². The number of carbonyl (C=O) groups is 3. The highest BCUT2D eigenvalue weighted by atomic mass is 16.6. The minimum Gasteiger partial charge on any atom is -0.480 e. The van der Waals surface area contributed by atoms with Crippen molar-refractivity contribution >= 4 is 18.0 Å². The van der Waals surface area contributed by atoms with E-state index in [0.29, 0.717) is 12.8 Å². The van der Waals surface area contributed by atoms with Gasteiger partial charge in [0.1, 0.15) is 19.3 Å². The van der Waals surface area contributed by atoms with Gasteiger partial charge in [-0.1, -0.05) is 48.5 Å². The largest absolute Gasteiger partial charge is 0.480 e. The van der Waals surface area contributed by atoms with Gasteiger partial charge in [0, 0.05) is 26.1 Å². The maximum Gasteiger partial charge on any atom is 0.407 e. The zero-order chi connectivity index (χ0) is 24.8. The van der Waals surface area contributed by atoms with Crippen LogP contribution in [0.2, 0.25) is 0 Å². The predicted octanol–water partition coefficient (Wildman–Crippen LogP) is 2.63. The van der Waals surface area contributed by atoms with Crippen molar-refractivity contribution in [2.24, 2.45) is 0 Å². The number of alkyl carbamates (subject to hydrolysis) is 1. The third kappa shape index (κ3) is 5.80. The van der Waals surface area contributed by atoms with E-state index in [4.69, 9.17) is 19.3 Å². The smallest absolute Gasteiger partial charge is 0.407 e. The first kappa shape index (κ1) is 24.7. The molecule has 2 unspecified atom stereocenters. The van der Waals surface area contributed by atoms with Crippen molar-refractivity contribution in [1.29, 1.82) is 0 Å². The first-order chi connectivity index (χ1) is 17.0. The number of carbonyl (C=O) groups excluding carboxylic acids is 2. The first-order valence-electron chi connectivity index (χ1n) is 11.7. The quantitative estimate of drug-likeness (QED) is 0.535. The number of hydrogen-bond acceptors (Lipinski definition) is 6. The molecule has 35 heavy (non-hydrogen) atoms. The summed E-state index contributed by atoms with van der Waals surface area (Å²) in [6.07, 6.45) is -0.596. The van der Waals surface area contributed by atoms with E-state index in [1.807, 2.05) is 24.3 Å². The van der Waals surface area contributed by atoms with Crippen LogP contribution in [0.5, 0.6) is 0 Å². The number of nitrogens with one attached hydrogen (secondary N) is 1. The van der Waals surface area contributed by atoms with Crippen LogP contribution in [0.4, 0.5) is 4.79 Å². The molecule has 2 aliphatic rings. The molecule has 0 radical (unpaired) electrons. The van der Waals surface area contributed by atoms with Crippen LogP contribution in [-0.2, 0) is 23.8 Å². The van der Waals surface area contributed by atoms with Gasteiger partial charge >= 0.3 is 12.1 Å². The fourth-order valence-corrected chi connectivity index (χ4v) is 4.72. The van der Waals surface area contributed by atoms with Crippen LogP contribution in [0.15, 0.2) is 48.5 Å². The van der Waals surface area contributed by atoms with Gasteiger partial charge in [-0.2, -0.15) is 0 Å². The number of aliphatic carboxylic acids is 1. The second kappa shape index (κ2) is 11.3. The molecule has 2 atom stereocenters. The highest BCUT2D eigenvalue weighted by Gasteiger charge is 2.34. The summed E-state index contributed by atoms with van der Waals surface area (Å²) < 4.78 is 16.3. The van der Waals surface area contributed by atoms with Gasteiger partial charge in [0.25, 0.3) is 5.91 Å². The molecule has 4 rings (SSSR count). The normalized spacial score (nSPS) is 18.5. The molecule has 9 nitrogen and oxygen atoms in total. The van der Waals surface area contributed by atoms with Crippen LogP contribution in [0.1, 0.15) is 29.9 Å². The third-order valence-corrected chi connectivity index (χ3v) is 6.40. The molecule has 1 aliphatic heterocycles. The minimum atomic E-state index is -1.10. The van der Waals surface area contributed by atoms with Crippen molar-refractivity contribution in [1.82, 2.24) is 10.2 Å². The Morgan fingerprint density at radius 1 is 1.06 bits per heavy atom. The SMILES string of the molecule is COCCN(CC(=O)O)C(=O)C1CCC(CNC(=O)OCC2c3ccccc3-c3ccccc32)O1. The monoisotopic (exact) mass is 482 g/mol. The Morgan fingerprint density at radius 3 is 2.34 bits per heavy atom. The van der Waals surface area contributed by atoms with Crippen molar-refractivity contribution in [3.8, 4) is 11.1 Å². The second-order valence-electron chi connectivity index (χ2n) is 8.68. The van der Waals surface area contributed by atoms with Crippen LogP contribution in [0.25, 0.3) is 11.1 Å².